The summed E-state index contributed by atoms with van der Waals surface area (Å²) in [6.45, 7) is 0. The normalized spacial score (nSPS) is 11.2. The number of aryl methyl sites for hydroxylation is 2. The van der Waals surface area contributed by atoms with Crippen LogP contribution in [0.2, 0.25) is 0 Å². The molecule has 12 heteroatoms. The zero-order valence-electron chi connectivity index (χ0n) is 17.6. The number of nitrogens with zero attached hydrogens (tertiary/aromatic N) is 4. The molecule has 0 unspecified atom stereocenters. The van der Waals surface area contributed by atoms with E-state index < -0.39 is 16.2 Å². The zero-order chi connectivity index (χ0) is 23.7. The van der Waals surface area contributed by atoms with Gasteiger partial charge in [0.25, 0.3) is 0 Å². The number of anilines is 1. The van der Waals surface area contributed by atoms with Gasteiger partial charge in [0.1, 0.15) is 5.69 Å². The summed E-state index contributed by atoms with van der Waals surface area (Å²) in [7, 11) is 0.0445. The smallest absolute Gasteiger partial charge is 0.421 e. The number of rotatable bonds is 6. The van der Waals surface area contributed by atoms with Crippen LogP contribution in [0.5, 0.6) is 0 Å². The lowest BCUT2D eigenvalue weighted by Gasteiger charge is -2.06. The molecule has 0 saturated carbocycles. The maximum atomic E-state index is 14.0. The highest BCUT2D eigenvalue weighted by Gasteiger charge is 2.12. The molecule has 0 fully saturated rings. The first kappa shape index (κ1) is 24.8. The maximum Gasteiger partial charge on any atom is 0.421 e. The van der Waals surface area contributed by atoms with Crippen molar-refractivity contribution in [3.63, 3.8) is 0 Å². The van der Waals surface area contributed by atoms with Gasteiger partial charge in [-0.15, -0.1) is 0 Å². The first-order chi connectivity index (χ1) is 15.1. The Bertz CT molecular complexity index is 1180. The zero-order valence-corrected chi connectivity index (χ0v) is 18.4. The monoisotopic (exact) mass is 463 g/mol. The van der Waals surface area contributed by atoms with E-state index >= 15 is 0 Å². The summed E-state index contributed by atoms with van der Waals surface area (Å²) in [5.74, 6) is -0.117. The lowest BCUT2D eigenvalue weighted by molar-refractivity contribution is -0.657. The Morgan fingerprint density at radius 1 is 1.22 bits per heavy atom. The van der Waals surface area contributed by atoms with Gasteiger partial charge in [-0.3, -0.25) is 8.98 Å². The molecular weight excluding hydrogens is 441 g/mol. The minimum Gasteiger partial charge on any atom is -0.726 e. The number of carbonyl (C=O) groups excluding carboxylic acids is 1. The Balaban J connectivity index is 0.000000534. The highest BCUT2D eigenvalue weighted by atomic mass is 32.3. The number of azo groups is 1. The molecule has 1 N–H and O–H groups in total. The van der Waals surface area contributed by atoms with Crippen LogP contribution < -0.4 is 9.88 Å². The van der Waals surface area contributed by atoms with E-state index in [1.54, 1.807) is 9.13 Å². The van der Waals surface area contributed by atoms with Crippen LogP contribution in [0.1, 0.15) is 5.56 Å². The Kier molecular flexibility index (Phi) is 8.70. The number of hydrogen-bond donors (Lipinski definition) is 1. The Morgan fingerprint density at radius 3 is 2.44 bits per heavy atom. The van der Waals surface area contributed by atoms with Gasteiger partial charge in [-0.25, -0.2) is 21.9 Å². The third-order valence-electron chi connectivity index (χ3n) is 4.03. The molecule has 32 heavy (non-hydrogen) atoms. The lowest BCUT2D eigenvalue weighted by Crippen LogP contribution is -2.25. The molecule has 170 valence electrons. The number of nitrogens with one attached hydrogen (secondary N) is 1. The number of hydrogen-bond acceptors (Lipinski definition) is 7. The van der Waals surface area contributed by atoms with E-state index in [1.807, 2.05) is 56.8 Å². The first-order valence-corrected chi connectivity index (χ1v) is 10.5. The molecule has 0 atom stereocenters. The molecule has 2 aromatic carbocycles. The van der Waals surface area contributed by atoms with Gasteiger partial charge < -0.3 is 9.87 Å². The average Bonchev–Trinajstić information content (AvgIpc) is 3.06. The van der Waals surface area contributed by atoms with Crippen molar-refractivity contribution in [2.75, 3.05) is 12.4 Å². The van der Waals surface area contributed by atoms with E-state index in [0.717, 1.165) is 12.7 Å². The SMILES string of the molecule is COS(=O)(=O)[O-].Cn1cc[n+](C)c1N=Nc1cc(NC(=O)Cc2ccccc2)ccc1F. The average molecular weight is 463 g/mol. The molecule has 0 aliphatic heterocycles. The Morgan fingerprint density at radius 2 is 1.88 bits per heavy atom. The van der Waals surface area contributed by atoms with Crippen LogP contribution in [0.15, 0.2) is 71.2 Å². The summed E-state index contributed by atoms with van der Waals surface area (Å²) in [4.78, 5) is 12.1. The van der Waals surface area contributed by atoms with Crippen molar-refractivity contribution in [2.24, 2.45) is 24.3 Å². The number of benzene rings is 2. The predicted molar refractivity (Wildman–Crippen MR) is 113 cm³/mol. The van der Waals surface area contributed by atoms with Crippen molar-refractivity contribution < 1.29 is 30.9 Å². The highest BCUT2D eigenvalue weighted by molar-refractivity contribution is 7.80. The molecule has 0 saturated heterocycles. The molecule has 0 bridgehead atoms. The second-order valence-corrected chi connectivity index (χ2v) is 7.62. The third kappa shape index (κ3) is 7.98. The van der Waals surface area contributed by atoms with Gasteiger partial charge in [-0.2, -0.15) is 0 Å². The van der Waals surface area contributed by atoms with Gasteiger partial charge in [-0.05, 0) is 23.8 Å². The molecule has 0 aliphatic rings. The quantitative estimate of drug-likeness (QED) is 0.260. The maximum absolute atomic E-state index is 14.0. The van der Waals surface area contributed by atoms with Crippen LogP contribution in [0, 0.1) is 5.82 Å². The topological polar surface area (TPSA) is 129 Å². The molecule has 10 nitrogen and oxygen atoms in total. The van der Waals surface area contributed by atoms with E-state index in [9.17, 15) is 22.2 Å². The summed E-state index contributed by atoms with van der Waals surface area (Å²) < 4.78 is 48.6. The fourth-order valence-electron chi connectivity index (χ4n) is 2.48. The summed E-state index contributed by atoms with van der Waals surface area (Å²) in [6.07, 6.45) is 3.89. The van der Waals surface area contributed by atoms with Gasteiger partial charge in [0.05, 0.1) is 40.0 Å². The van der Waals surface area contributed by atoms with Crippen LogP contribution >= 0.6 is 0 Å². The number of amides is 1. The molecule has 0 aliphatic carbocycles. The Hall–Kier alpha value is -3.48. The summed E-state index contributed by atoms with van der Waals surface area (Å²) in [5.41, 5.74) is 1.43. The predicted octanol–water partition coefficient (Wildman–Crippen LogP) is 2.68. The molecule has 0 radical (unpaired) electrons. The van der Waals surface area contributed by atoms with Crippen LogP contribution in [-0.4, -0.2) is 30.6 Å². The van der Waals surface area contributed by atoms with Crippen molar-refractivity contribution in [1.82, 2.24) is 4.57 Å². The standard InChI is InChI=1S/C19H18FN5O.CH4O4S/c1-24-10-11-25(2)19(24)23-22-17-13-15(8-9-16(17)20)21-18(26)12-14-6-4-3-5-7-14;1-5-6(2,3)4/h3-11,13H,12H2,1-2H3;1H3,(H,2,3,4). The molecular formula is C20H22FN5O5S. The van der Waals surface area contributed by atoms with Crippen molar-refractivity contribution in [1.29, 1.82) is 0 Å². The van der Waals surface area contributed by atoms with Crippen molar-refractivity contribution in [2.45, 2.75) is 6.42 Å². The number of aromatic nitrogens is 2. The fraction of sp³-hybridized carbons (Fsp3) is 0.200. The molecule has 1 amide bonds. The molecule has 0 spiro atoms. The van der Waals surface area contributed by atoms with Crippen molar-refractivity contribution in [3.8, 4) is 0 Å². The molecule has 1 aromatic heterocycles. The Labute approximate surface area is 184 Å². The van der Waals surface area contributed by atoms with Crippen LogP contribution in [0.3, 0.4) is 0 Å². The second kappa shape index (κ2) is 11.2. The summed E-state index contributed by atoms with van der Waals surface area (Å²) >= 11 is 0. The lowest BCUT2D eigenvalue weighted by atomic mass is 10.1. The number of imidazole rings is 1. The first-order valence-electron chi connectivity index (χ1n) is 9.16. The van der Waals surface area contributed by atoms with Gasteiger partial charge in [0.15, 0.2) is 5.82 Å². The van der Waals surface area contributed by atoms with Gasteiger partial charge in [0.2, 0.25) is 16.3 Å². The number of halogens is 1. The van der Waals surface area contributed by atoms with Gasteiger partial charge >= 0.3 is 5.95 Å². The van der Waals surface area contributed by atoms with E-state index in [2.05, 4.69) is 19.7 Å². The van der Waals surface area contributed by atoms with Crippen LogP contribution in [0.25, 0.3) is 0 Å². The van der Waals surface area contributed by atoms with Crippen LogP contribution in [0.4, 0.5) is 21.7 Å². The minimum atomic E-state index is -4.41. The molecule has 3 rings (SSSR count). The van der Waals surface area contributed by atoms with E-state index in [1.165, 1.54) is 18.2 Å². The molecule has 3 aromatic rings. The minimum absolute atomic E-state index is 0.0590. The van der Waals surface area contributed by atoms with Crippen LogP contribution in [-0.2, 0) is 39.9 Å². The van der Waals surface area contributed by atoms with E-state index in [-0.39, 0.29) is 18.0 Å². The van der Waals surface area contributed by atoms with E-state index in [4.69, 9.17) is 0 Å². The van der Waals surface area contributed by atoms with E-state index in [0.29, 0.717) is 11.6 Å². The van der Waals surface area contributed by atoms with Crippen molar-refractivity contribution >= 4 is 33.6 Å². The second-order valence-electron chi connectivity index (χ2n) is 6.47. The largest absolute Gasteiger partial charge is 0.726 e. The number of carbonyl (C=O) groups is 1. The third-order valence-corrected chi connectivity index (χ3v) is 4.44. The summed E-state index contributed by atoms with van der Waals surface area (Å²) in [5, 5.41) is 10.8. The van der Waals surface area contributed by atoms with Gasteiger partial charge in [-0.1, -0.05) is 35.4 Å². The summed E-state index contributed by atoms with van der Waals surface area (Å²) in [6, 6.07) is 13.6. The van der Waals surface area contributed by atoms with Crippen molar-refractivity contribution in [3.05, 3.63) is 72.3 Å². The van der Waals surface area contributed by atoms with Gasteiger partial charge in [0, 0.05) is 10.8 Å². The fourth-order valence-corrected chi connectivity index (χ4v) is 2.48. The molecule has 1 heterocycles. The highest BCUT2D eigenvalue weighted by Crippen LogP contribution is 2.24.